The number of halogens is 3. The molecule has 94 valence electrons. The molecule has 0 radical (unpaired) electrons. The van der Waals surface area contributed by atoms with Gasteiger partial charge in [0, 0.05) is 6.07 Å². The van der Waals surface area contributed by atoms with Gasteiger partial charge >= 0.3 is 11.9 Å². The third-order valence-corrected chi connectivity index (χ3v) is 2.05. The quantitative estimate of drug-likeness (QED) is 0.768. The first kappa shape index (κ1) is 13.3. The van der Waals surface area contributed by atoms with Gasteiger partial charge in [-0.15, -0.1) is 0 Å². The fourth-order valence-corrected chi connectivity index (χ4v) is 1.21. The number of alkyl halides is 2. The van der Waals surface area contributed by atoms with E-state index in [1.807, 2.05) is 0 Å². The second kappa shape index (κ2) is 5.07. The van der Waals surface area contributed by atoms with Crippen LogP contribution in [0, 0.1) is 5.82 Å². The first-order chi connectivity index (χ1) is 7.93. The highest BCUT2D eigenvalue weighted by molar-refractivity contribution is 5.79. The van der Waals surface area contributed by atoms with E-state index in [4.69, 9.17) is 0 Å². The van der Waals surface area contributed by atoms with Gasteiger partial charge in [-0.1, -0.05) is 0 Å². The molecule has 0 heterocycles. The van der Waals surface area contributed by atoms with Crippen molar-refractivity contribution in [2.75, 3.05) is 13.7 Å². The summed E-state index contributed by atoms with van der Waals surface area (Å²) in [5.41, 5.74) is -1.03. The van der Waals surface area contributed by atoms with Crippen LogP contribution in [0.2, 0.25) is 0 Å². The van der Waals surface area contributed by atoms with Gasteiger partial charge in [-0.3, -0.25) is 0 Å². The predicted molar refractivity (Wildman–Crippen MR) is 53.5 cm³/mol. The zero-order valence-corrected chi connectivity index (χ0v) is 9.30. The van der Waals surface area contributed by atoms with Crippen molar-refractivity contribution < 1.29 is 27.4 Å². The number of ether oxygens (including phenoxy) is 2. The van der Waals surface area contributed by atoms with E-state index in [-0.39, 0.29) is 12.4 Å². The minimum absolute atomic E-state index is 0.0888. The molecule has 0 unspecified atom stereocenters. The molecular formula is C11H11F3O3. The third-order valence-electron chi connectivity index (χ3n) is 2.05. The summed E-state index contributed by atoms with van der Waals surface area (Å²) in [5, 5.41) is 0. The standard InChI is InChI=1S/C11H11F3O3/c1-3-17-10(15)11(13,14)8-5-4-7(16-2)6-9(8)12/h4-6H,3H2,1-2H3. The summed E-state index contributed by atoms with van der Waals surface area (Å²) >= 11 is 0. The first-order valence-electron chi connectivity index (χ1n) is 4.82. The molecule has 17 heavy (non-hydrogen) atoms. The van der Waals surface area contributed by atoms with Gasteiger partial charge in [-0.05, 0) is 19.1 Å². The molecule has 0 amide bonds. The monoisotopic (exact) mass is 248 g/mol. The highest BCUT2D eigenvalue weighted by Crippen LogP contribution is 2.33. The van der Waals surface area contributed by atoms with E-state index in [1.165, 1.54) is 14.0 Å². The number of hydrogen-bond acceptors (Lipinski definition) is 3. The minimum Gasteiger partial charge on any atom is -0.497 e. The average molecular weight is 248 g/mol. The second-order valence-corrected chi connectivity index (χ2v) is 3.14. The second-order valence-electron chi connectivity index (χ2n) is 3.14. The number of carbonyl (C=O) groups is 1. The molecule has 0 aliphatic heterocycles. The van der Waals surface area contributed by atoms with Crippen LogP contribution in [-0.2, 0) is 15.5 Å². The van der Waals surface area contributed by atoms with Crippen molar-refractivity contribution in [1.82, 2.24) is 0 Å². The van der Waals surface area contributed by atoms with Crippen molar-refractivity contribution in [3.05, 3.63) is 29.6 Å². The molecule has 1 aromatic rings. The topological polar surface area (TPSA) is 35.5 Å². The van der Waals surface area contributed by atoms with Gasteiger partial charge in [-0.2, -0.15) is 8.78 Å². The summed E-state index contributed by atoms with van der Waals surface area (Å²) in [6, 6.07) is 2.72. The Balaban J connectivity index is 3.10. The van der Waals surface area contributed by atoms with Crippen molar-refractivity contribution in [2.24, 2.45) is 0 Å². The molecule has 0 bridgehead atoms. The summed E-state index contributed by atoms with van der Waals surface area (Å²) in [7, 11) is 1.28. The molecule has 0 aliphatic carbocycles. The lowest BCUT2D eigenvalue weighted by Gasteiger charge is -2.15. The fraction of sp³-hybridized carbons (Fsp3) is 0.364. The van der Waals surface area contributed by atoms with Crippen LogP contribution in [-0.4, -0.2) is 19.7 Å². The van der Waals surface area contributed by atoms with Gasteiger partial charge in [0.05, 0.1) is 19.3 Å². The summed E-state index contributed by atoms with van der Waals surface area (Å²) in [5.74, 6) is -6.91. The van der Waals surface area contributed by atoms with Crippen molar-refractivity contribution in [1.29, 1.82) is 0 Å². The van der Waals surface area contributed by atoms with Crippen molar-refractivity contribution in [2.45, 2.75) is 12.8 Å². The summed E-state index contributed by atoms with van der Waals surface area (Å²) in [6.07, 6.45) is 0. The Morgan fingerprint density at radius 1 is 1.41 bits per heavy atom. The molecule has 0 spiro atoms. The maximum absolute atomic E-state index is 13.5. The largest absolute Gasteiger partial charge is 0.497 e. The molecule has 0 fully saturated rings. The van der Waals surface area contributed by atoms with Gasteiger partial charge in [-0.25, -0.2) is 9.18 Å². The predicted octanol–water partition coefficient (Wildman–Crippen LogP) is 2.49. The molecule has 1 rings (SSSR count). The summed E-state index contributed by atoms with van der Waals surface area (Å²) < 4.78 is 49.2. The molecule has 1 aromatic carbocycles. The van der Waals surface area contributed by atoms with Crippen molar-refractivity contribution in [3.63, 3.8) is 0 Å². The van der Waals surface area contributed by atoms with Gasteiger partial charge in [0.15, 0.2) is 0 Å². The molecule has 0 saturated heterocycles. The van der Waals surface area contributed by atoms with E-state index in [2.05, 4.69) is 9.47 Å². The molecule has 3 nitrogen and oxygen atoms in total. The van der Waals surface area contributed by atoms with E-state index in [1.54, 1.807) is 0 Å². The molecule has 0 N–H and O–H groups in total. The van der Waals surface area contributed by atoms with E-state index in [0.717, 1.165) is 18.2 Å². The SMILES string of the molecule is CCOC(=O)C(F)(F)c1ccc(OC)cc1F. The van der Waals surface area contributed by atoms with Crippen LogP contribution in [0.5, 0.6) is 5.75 Å². The first-order valence-corrected chi connectivity index (χ1v) is 4.82. The van der Waals surface area contributed by atoms with Gasteiger partial charge in [0.1, 0.15) is 11.6 Å². The van der Waals surface area contributed by atoms with E-state index < -0.39 is 23.3 Å². The Labute approximate surface area is 96.1 Å². The Morgan fingerprint density at radius 3 is 2.53 bits per heavy atom. The Morgan fingerprint density at radius 2 is 2.06 bits per heavy atom. The van der Waals surface area contributed by atoms with Crippen LogP contribution in [0.3, 0.4) is 0 Å². The lowest BCUT2D eigenvalue weighted by Crippen LogP contribution is -2.29. The maximum atomic E-state index is 13.5. The average Bonchev–Trinajstić information content (AvgIpc) is 2.28. The fourth-order valence-electron chi connectivity index (χ4n) is 1.21. The van der Waals surface area contributed by atoms with Crippen molar-refractivity contribution in [3.8, 4) is 5.75 Å². The third kappa shape index (κ3) is 2.69. The van der Waals surface area contributed by atoms with Gasteiger partial charge in [0.25, 0.3) is 0 Å². The summed E-state index contributed by atoms with van der Waals surface area (Å²) in [4.78, 5) is 11.0. The van der Waals surface area contributed by atoms with Crippen LogP contribution in [0.15, 0.2) is 18.2 Å². The zero-order valence-electron chi connectivity index (χ0n) is 9.30. The van der Waals surface area contributed by atoms with Gasteiger partial charge in [0.2, 0.25) is 0 Å². The Kier molecular flexibility index (Phi) is 3.98. The van der Waals surface area contributed by atoms with E-state index in [0.29, 0.717) is 0 Å². The number of benzene rings is 1. The van der Waals surface area contributed by atoms with E-state index in [9.17, 15) is 18.0 Å². The van der Waals surface area contributed by atoms with Crippen LogP contribution < -0.4 is 4.74 Å². The Bertz CT molecular complexity index is 418. The molecule has 0 saturated carbocycles. The molecule has 6 heteroatoms. The Hall–Kier alpha value is -1.72. The van der Waals surface area contributed by atoms with Crippen LogP contribution in [0.4, 0.5) is 13.2 Å². The minimum atomic E-state index is -4.01. The lowest BCUT2D eigenvalue weighted by atomic mass is 10.1. The van der Waals surface area contributed by atoms with Crippen LogP contribution >= 0.6 is 0 Å². The number of carbonyl (C=O) groups excluding carboxylic acids is 1. The molecule has 0 atom stereocenters. The van der Waals surface area contributed by atoms with Gasteiger partial charge < -0.3 is 9.47 Å². The number of methoxy groups -OCH3 is 1. The molecule has 0 aliphatic rings. The molecule has 0 aromatic heterocycles. The summed E-state index contributed by atoms with van der Waals surface area (Å²) in [6.45, 7) is 1.19. The smallest absolute Gasteiger partial charge is 0.382 e. The van der Waals surface area contributed by atoms with Crippen LogP contribution in [0.25, 0.3) is 0 Å². The highest BCUT2D eigenvalue weighted by atomic mass is 19.3. The maximum Gasteiger partial charge on any atom is 0.382 e. The number of rotatable bonds is 4. The number of hydrogen-bond donors (Lipinski definition) is 0. The zero-order chi connectivity index (χ0) is 13.1. The van der Waals surface area contributed by atoms with Crippen LogP contribution in [0.1, 0.15) is 12.5 Å². The van der Waals surface area contributed by atoms with Crippen molar-refractivity contribution >= 4 is 5.97 Å². The number of esters is 1. The highest BCUT2D eigenvalue weighted by Gasteiger charge is 2.44. The normalized spacial score (nSPS) is 11.1. The lowest BCUT2D eigenvalue weighted by molar-refractivity contribution is -0.173. The van der Waals surface area contributed by atoms with E-state index >= 15 is 0 Å². The molecular weight excluding hydrogens is 237 g/mol.